The molecule has 96 valence electrons. The number of piperidine rings is 1. The molecule has 0 unspecified atom stereocenters. The summed E-state index contributed by atoms with van der Waals surface area (Å²) in [5, 5.41) is 9.45. The molecule has 0 bridgehead atoms. The lowest BCUT2D eigenvalue weighted by Gasteiger charge is -2.33. The van der Waals surface area contributed by atoms with Crippen LogP contribution in [0.3, 0.4) is 0 Å². The molecule has 3 aliphatic rings. The zero-order chi connectivity index (χ0) is 12.4. The molecule has 3 heterocycles. The van der Waals surface area contributed by atoms with E-state index in [9.17, 15) is 4.79 Å². The van der Waals surface area contributed by atoms with E-state index < -0.39 is 0 Å². The van der Waals surface area contributed by atoms with Gasteiger partial charge in [-0.1, -0.05) is 6.08 Å². The van der Waals surface area contributed by atoms with Crippen LogP contribution in [0.15, 0.2) is 29.5 Å². The first-order valence-electron chi connectivity index (χ1n) is 6.54. The molecule has 1 amide bonds. The second-order valence-corrected chi connectivity index (χ2v) is 4.96. The Morgan fingerprint density at radius 1 is 1.33 bits per heavy atom. The summed E-state index contributed by atoms with van der Waals surface area (Å²) in [5.41, 5.74) is 0. The van der Waals surface area contributed by atoms with Crippen molar-refractivity contribution < 1.29 is 4.79 Å². The van der Waals surface area contributed by atoms with E-state index in [1.165, 1.54) is 0 Å². The molecule has 18 heavy (non-hydrogen) atoms. The number of hydrogen-bond acceptors (Lipinski definition) is 4. The number of allylic oxidation sites excluding steroid dienone is 2. The number of hydrazone groups is 1. The van der Waals surface area contributed by atoms with Crippen molar-refractivity contribution in [1.82, 2.24) is 15.2 Å². The van der Waals surface area contributed by atoms with Crippen molar-refractivity contribution in [1.29, 1.82) is 0 Å². The molecule has 1 saturated heterocycles. The molecule has 0 saturated carbocycles. The highest BCUT2D eigenvalue weighted by Gasteiger charge is 2.27. The topological polar surface area (TPSA) is 47.9 Å². The van der Waals surface area contributed by atoms with Crippen LogP contribution >= 0.6 is 0 Å². The first-order chi connectivity index (χ1) is 8.83. The average Bonchev–Trinajstić information content (AvgIpc) is 2.41. The van der Waals surface area contributed by atoms with Crippen LogP contribution in [-0.2, 0) is 4.79 Å². The number of hydrogen-bond donors (Lipinski definition) is 1. The molecular formula is C13H18N4O. The Hall–Kier alpha value is -1.62. The number of fused-ring (bicyclic) bond motifs is 1. The Bertz CT molecular complexity index is 421. The maximum absolute atomic E-state index is 12.0. The van der Waals surface area contributed by atoms with Crippen LogP contribution in [-0.4, -0.2) is 47.8 Å². The van der Waals surface area contributed by atoms with E-state index >= 15 is 0 Å². The van der Waals surface area contributed by atoms with Crippen molar-refractivity contribution >= 4 is 11.7 Å². The van der Waals surface area contributed by atoms with E-state index in [-0.39, 0.29) is 5.91 Å². The number of carbonyl (C=O) groups is 1. The van der Waals surface area contributed by atoms with Gasteiger partial charge in [0.05, 0.1) is 0 Å². The third-order valence-electron chi connectivity index (χ3n) is 3.62. The minimum atomic E-state index is 0.0947. The van der Waals surface area contributed by atoms with E-state index in [0.717, 1.165) is 38.3 Å². The van der Waals surface area contributed by atoms with Gasteiger partial charge in [0, 0.05) is 12.7 Å². The molecule has 5 heteroatoms. The Morgan fingerprint density at radius 3 is 3.00 bits per heavy atom. The van der Waals surface area contributed by atoms with Gasteiger partial charge in [-0.25, -0.2) is 5.01 Å². The second kappa shape index (κ2) is 4.94. The molecule has 1 fully saturated rings. The predicted octanol–water partition coefficient (Wildman–Crippen LogP) is 0.527. The lowest BCUT2D eigenvalue weighted by Crippen LogP contribution is -2.47. The van der Waals surface area contributed by atoms with Gasteiger partial charge in [-0.3, -0.25) is 4.79 Å². The summed E-state index contributed by atoms with van der Waals surface area (Å²) < 4.78 is 0. The number of amides is 1. The van der Waals surface area contributed by atoms with Crippen LogP contribution in [0, 0.1) is 5.92 Å². The average molecular weight is 246 g/mol. The van der Waals surface area contributed by atoms with Crippen molar-refractivity contribution in [3.63, 3.8) is 0 Å². The fourth-order valence-electron chi connectivity index (χ4n) is 2.55. The Morgan fingerprint density at radius 2 is 2.17 bits per heavy atom. The van der Waals surface area contributed by atoms with Gasteiger partial charge in [0.2, 0.25) is 0 Å². The van der Waals surface area contributed by atoms with E-state index in [4.69, 9.17) is 0 Å². The normalized spacial score (nSPS) is 24.2. The molecule has 3 aliphatic heterocycles. The van der Waals surface area contributed by atoms with Gasteiger partial charge in [-0.05, 0) is 44.0 Å². The van der Waals surface area contributed by atoms with E-state index in [2.05, 4.69) is 10.4 Å². The number of amidine groups is 1. The van der Waals surface area contributed by atoms with Gasteiger partial charge in [0.1, 0.15) is 6.54 Å². The lowest BCUT2D eigenvalue weighted by molar-refractivity contribution is -0.133. The fraction of sp³-hybridized carbons (Fsp3) is 0.538. The molecule has 0 aromatic carbocycles. The van der Waals surface area contributed by atoms with Crippen LogP contribution in [0.1, 0.15) is 12.8 Å². The number of nitrogens with zero attached hydrogens (tertiary/aromatic N) is 3. The minimum absolute atomic E-state index is 0.0947. The standard InChI is InChI=1S/C13H18N4O/c18-13-10-16-8-2-1-3-12(16)15-17(13)9-11-4-6-14-7-5-11/h1-3,8,11,14H,4-7,9-10H2. The summed E-state index contributed by atoms with van der Waals surface area (Å²) in [6.07, 6.45) is 9.99. The molecule has 0 atom stereocenters. The van der Waals surface area contributed by atoms with Gasteiger partial charge in [-0.15, -0.1) is 0 Å². The maximum Gasteiger partial charge on any atom is 0.262 e. The molecular weight excluding hydrogens is 228 g/mol. The minimum Gasteiger partial charge on any atom is -0.322 e. The lowest BCUT2D eigenvalue weighted by atomic mass is 9.98. The molecule has 3 rings (SSSR count). The van der Waals surface area contributed by atoms with Crippen molar-refractivity contribution in [3.05, 3.63) is 24.4 Å². The summed E-state index contributed by atoms with van der Waals surface area (Å²) in [6, 6.07) is 0. The van der Waals surface area contributed by atoms with Gasteiger partial charge < -0.3 is 10.2 Å². The summed E-state index contributed by atoms with van der Waals surface area (Å²) in [7, 11) is 0. The number of rotatable bonds is 2. The van der Waals surface area contributed by atoms with Crippen molar-refractivity contribution in [2.45, 2.75) is 12.8 Å². The fourth-order valence-corrected chi connectivity index (χ4v) is 2.55. The van der Waals surface area contributed by atoms with Crippen LogP contribution in [0.5, 0.6) is 0 Å². The van der Waals surface area contributed by atoms with Crippen LogP contribution in [0.4, 0.5) is 0 Å². The molecule has 0 spiro atoms. The first kappa shape index (κ1) is 11.5. The van der Waals surface area contributed by atoms with Gasteiger partial charge in [-0.2, -0.15) is 5.10 Å². The second-order valence-electron chi connectivity index (χ2n) is 4.96. The van der Waals surface area contributed by atoms with Crippen LogP contribution in [0.25, 0.3) is 0 Å². The zero-order valence-electron chi connectivity index (χ0n) is 10.4. The van der Waals surface area contributed by atoms with E-state index in [1.54, 1.807) is 5.01 Å². The quantitative estimate of drug-likeness (QED) is 0.773. The summed E-state index contributed by atoms with van der Waals surface area (Å²) in [4.78, 5) is 13.9. The molecule has 0 aromatic rings. The Kier molecular flexibility index (Phi) is 3.15. The highest BCUT2D eigenvalue weighted by Crippen LogP contribution is 2.17. The van der Waals surface area contributed by atoms with Gasteiger partial charge in [0.25, 0.3) is 5.91 Å². The number of nitrogens with one attached hydrogen (secondary N) is 1. The molecule has 0 radical (unpaired) electrons. The smallest absolute Gasteiger partial charge is 0.262 e. The summed E-state index contributed by atoms with van der Waals surface area (Å²) >= 11 is 0. The Balaban J connectivity index is 1.70. The highest BCUT2D eigenvalue weighted by atomic mass is 16.2. The molecule has 0 aliphatic carbocycles. The first-order valence-corrected chi connectivity index (χ1v) is 6.54. The van der Waals surface area contributed by atoms with Gasteiger partial charge in [0.15, 0.2) is 5.84 Å². The molecule has 5 nitrogen and oxygen atoms in total. The summed E-state index contributed by atoms with van der Waals surface area (Å²) in [6.45, 7) is 3.27. The van der Waals surface area contributed by atoms with Crippen LogP contribution in [0.2, 0.25) is 0 Å². The van der Waals surface area contributed by atoms with Crippen LogP contribution < -0.4 is 5.32 Å². The Labute approximate surface area is 107 Å². The third kappa shape index (κ3) is 2.31. The van der Waals surface area contributed by atoms with Crippen molar-refractivity contribution in [3.8, 4) is 0 Å². The molecule has 1 N–H and O–H groups in total. The largest absolute Gasteiger partial charge is 0.322 e. The highest BCUT2D eigenvalue weighted by molar-refractivity contribution is 6.00. The zero-order valence-corrected chi connectivity index (χ0v) is 10.4. The number of carbonyl (C=O) groups excluding carboxylic acids is 1. The van der Waals surface area contributed by atoms with E-state index in [1.807, 2.05) is 29.3 Å². The maximum atomic E-state index is 12.0. The SMILES string of the molecule is O=C1CN2C=CC=CC2=NN1CC1CCNCC1. The predicted molar refractivity (Wildman–Crippen MR) is 69.7 cm³/mol. The monoisotopic (exact) mass is 246 g/mol. The van der Waals surface area contributed by atoms with Gasteiger partial charge >= 0.3 is 0 Å². The van der Waals surface area contributed by atoms with Crippen molar-refractivity contribution in [2.75, 3.05) is 26.2 Å². The van der Waals surface area contributed by atoms with E-state index in [0.29, 0.717) is 12.5 Å². The van der Waals surface area contributed by atoms with Crippen molar-refractivity contribution in [2.24, 2.45) is 11.0 Å². The summed E-state index contributed by atoms with van der Waals surface area (Å²) in [5.74, 6) is 1.54. The molecule has 0 aromatic heterocycles. The third-order valence-corrected chi connectivity index (χ3v) is 3.62.